The molecule has 0 bridgehead atoms. The van der Waals surface area contributed by atoms with Crippen LogP contribution < -0.4 is 5.32 Å². The molecule has 2 heterocycles. The molecule has 0 unspecified atom stereocenters. The molecule has 0 spiro atoms. The average molecular weight is 233 g/mol. The van der Waals surface area contributed by atoms with Crippen LogP contribution in [0.4, 0.5) is 0 Å². The molecule has 1 N–H and O–H groups in total. The molecular formula is C14H23N3. The summed E-state index contributed by atoms with van der Waals surface area (Å²) in [5, 5.41) is 3.63. The zero-order valence-corrected chi connectivity index (χ0v) is 10.9. The number of pyridine rings is 1. The first-order chi connectivity index (χ1) is 8.25. The molecular weight excluding hydrogens is 210 g/mol. The van der Waals surface area contributed by atoms with E-state index in [9.17, 15) is 0 Å². The number of nitrogens with zero attached hydrogens (tertiary/aromatic N) is 2. The standard InChI is InChI=1S/C14H23N3/c1-12(2)17-8-5-14(6-9-17)16-11-13-4-3-7-15-10-13/h3-4,7,10,12,14,16H,5-6,8-9,11H2,1-2H3. The topological polar surface area (TPSA) is 28.2 Å². The first kappa shape index (κ1) is 12.5. The second-order valence-corrected chi connectivity index (χ2v) is 5.15. The summed E-state index contributed by atoms with van der Waals surface area (Å²) in [4.78, 5) is 6.69. The van der Waals surface area contributed by atoms with E-state index in [1.807, 2.05) is 18.5 Å². The van der Waals surface area contributed by atoms with Crippen molar-refractivity contribution in [1.82, 2.24) is 15.2 Å². The predicted octanol–water partition coefficient (Wildman–Crippen LogP) is 2.04. The molecule has 1 aliphatic heterocycles. The molecule has 2 rings (SSSR count). The highest BCUT2D eigenvalue weighted by molar-refractivity contribution is 5.08. The van der Waals surface area contributed by atoms with E-state index in [1.54, 1.807) is 0 Å². The molecule has 94 valence electrons. The number of hydrogen-bond acceptors (Lipinski definition) is 3. The van der Waals surface area contributed by atoms with Crippen molar-refractivity contribution in [3.05, 3.63) is 30.1 Å². The monoisotopic (exact) mass is 233 g/mol. The number of aromatic nitrogens is 1. The van der Waals surface area contributed by atoms with Crippen molar-refractivity contribution in [2.24, 2.45) is 0 Å². The highest BCUT2D eigenvalue weighted by Gasteiger charge is 2.19. The summed E-state index contributed by atoms with van der Waals surface area (Å²) >= 11 is 0. The number of rotatable bonds is 4. The van der Waals surface area contributed by atoms with E-state index in [1.165, 1.54) is 31.5 Å². The van der Waals surface area contributed by atoms with Gasteiger partial charge in [-0.25, -0.2) is 0 Å². The fourth-order valence-corrected chi connectivity index (χ4v) is 2.38. The molecule has 3 heteroatoms. The van der Waals surface area contributed by atoms with Crippen LogP contribution in [0.3, 0.4) is 0 Å². The Hall–Kier alpha value is -0.930. The lowest BCUT2D eigenvalue weighted by atomic mass is 10.0. The van der Waals surface area contributed by atoms with Gasteiger partial charge in [-0.3, -0.25) is 4.98 Å². The van der Waals surface area contributed by atoms with E-state index in [4.69, 9.17) is 0 Å². The van der Waals surface area contributed by atoms with E-state index in [0.29, 0.717) is 12.1 Å². The predicted molar refractivity (Wildman–Crippen MR) is 70.8 cm³/mol. The molecule has 1 aromatic rings. The van der Waals surface area contributed by atoms with Crippen LogP contribution in [0.5, 0.6) is 0 Å². The van der Waals surface area contributed by atoms with Crippen molar-refractivity contribution in [1.29, 1.82) is 0 Å². The maximum atomic E-state index is 4.14. The first-order valence-electron chi connectivity index (χ1n) is 6.62. The second-order valence-electron chi connectivity index (χ2n) is 5.15. The molecule has 1 aliphatic rings. The van der Waals surface area contributed by atoms with Crippen LogP contribution >= 0.6 is 0 Å². The molecule has 1 fully saturated rings. The Kier molecular flexibility index (Phi) is 4.51. The molecule has 0 aromatic carbocycles. The molecule has 0 aliphatic carbocycles. The van der Waals surface area contributed by atoms with E-state index in [-0.39, 0.29) is 0 Å². The number of nitrogens with one attached hydrogen (secondary N) is 1. The SMILES string of the molecule is CC(C)N1CCC(NCc2cccnc2)CC1. The van der Waals surface area contributed by atoms with Gasteiger partial charge in [0, 0.05) is 31.0 Å². The zero-order valence-electron chi connectivity index (χ0n) is 10.9. The van der Waals surface area contributed by atoms with Gasteiger partial charge < -0.3 is 10.2 Å². The van der Waals surface area contributed by atoms with E-state index >= 15 is 0 Å². The normalized spacial score (nSPS) is 18.8. The van der Waals surface area contributed by atoms with Crippen molar-refractivity contribution in [2.75, 3.05) is 13.1 Å². The maximum Gasteiger partial charge on any atom is 0.0312 e. The molecule has 3 nitrogen and oxygen atoms in total. The van der Waals surface area contributed by atoms with Crippen molar-refractivity contribution >= 4 is 0 Å². The fourth-order valence-electron chi connectivity index (χ4n) is 2.38. The summed E-state index contributed by atoms with van der Waals surface area (Å²) in [5.74, 6) is 0. The average Bonchev–Trinajstić information content (AvgIpc) is 2.38. The molecule has 0 atom stereocenters. The third-order valence-electron chi connectivity index (χ3n) is 3.58. The Morgan fingerprint density at radius 2 is 2.18 bits per heavy atom. The number of piperidine rings is 1. The Balaban J connectivity index is 1.72. The Labute approximate surface area is 104 Å². The second kappa shape index (κ2) is 6.12. The molecule has 1 saturated heterocycles. The minimum atomic E-state index is 0.671. The fraction of sp³-hybridized carbons (Fsp3) is 0.643. The third-order valence-corrected chi connectivity index (χ3v) is 3.58. The first-order valence-corrected chi connectivity index (χ1v) is 6.62. The van der Waals surface area contributed by atoms with E-state index in [2.05, 4.69) is 35.1 Å². The highest BCUT2D eigenvalue weighted by atomic mass is 15.2. The maximum absolute atomic E-state index is 4.14. The van der Waals surface area contributed by atoms with Gasteiger partial charge in [-0.1, -0.05) is 6.07 Å². The lowest BCUT2D eigenvalue weighted by Crippen LogP contribution is -2.44. The molecule has 0 radical (unpaired) electrons. The Morgan fingerprint density at radius 1 is 1.41 bits per heavy atom. The van der Waals surface area contributed by atoms with Crippen molar-refractivity contribution in [3.8, 4) is 0 Å². The smallest absolute Gasteiger partial charge is 0.0312 e. The van der Waals surface area contributed by atoms with Gasteiger partial charge in [-0.15, -0.1) is 0 Å². The largest absolute Gasteiger partial charge is 0.310 e. The van der Waals surface area contributed by atoms with Gasteiger partial charge in [-0.05, 0) is 51.4 Å². The van der Waals surface area contributed by atoms with Gasteiger partial charge in [0.05, 0.1) is 0 Å². The summed E-state index contributed by atoms with van der Waals surface area (Å²) in [5.41, 5.74) is 1.28. The van der Waals surface area contributed by atoms with Gasteiger partial charge in [0.25, 0.3) is 0 Å². The van der Waals surface area contributed by atoms with E-state index < -0.39 is 0 Å². The quantitative estimate of drug-likeness (QED) is 0.862. The molecule has 1 aromatic heterocycles. The summed E-state index contributed by atoms with van der Waals surface area (Å²) in [6.45, 7) is 7.96. The van der Waals surface area contributed by atoms with E-state index in [0.717, 1.165) is 6.54 Å². The summed E-state index contributed by atoms with van der Waals surface area (Å²) in [6, 6.07) is 5.49. The zero-order chi connectivity index (χ0) is 12.1. The Bertz CT molecular complexity index is 315. The van der Waals surface area contributed by atoms with Gasteiger partial charge in [0.1, 0.15) is 0 Å². The number of hydrogen-bond donors (Lipinski definition) is 1. The van der Waals surface area contributed by atoms with Crippen LogP contribution in [0.15, 0.2) is 24.5 Å². The Morgan fingerprint density at radius 3 is 2.76 bits per heavy atom. The van der Waals surface area contributed by atoms with Crippen LogP contribution in [0.2, 0.25) is 0 Å². The van der Waals surface area contributed by atoms with Gasteiger partial charge in [0.15, 0.2) is 0 Å². The van der Waals surface area contributed by atoms with Crippen LogP contribution in [-0.4, -0.2) is 35.1 Å². The lowest BCUT2D eigenvalue weighted by Gasteiger charge is -2.35. The van der Waals surface area contributed by atoms with Crippen LogP contribution in [0.25, 0.3) is 0 Å². The van der Waals surface area contributed by atoms with Crippen LogP contribution in [0, 0.1) is 0 Å². The minimum absolute atomic E-state index is 0.671. The molecule has 0 amide bonds. The highest BCUT2D eigenvalue weighted by Crippen LogP contribution is 2.13. The van der Waals surface area contributed by atoms with Crippen LogP contribution in [-0.2, 0) is 6.54 Å². The van der Waals surface area contributed by atoms with Crippen molar-refractivity contribution in [2.45, 2.75) is 45.3 Å². The van der Waals surface area contributed by atoms with Gasteiger partial charge in [-0.2, -0.15) is 0 Å². The number of likely N-dealkylation sites (tertiary alicyclic amines) is 1. The molecule has 17 heavy (non-hydrogen) atoms. The summed E-state index contributed by atoms with van der Waals surface area (Å²) in [7, 11) is 0. The third kappa shape index (κ3) is 3.79. The van der Waals surface area contributed by atoms with Gasteiger partial charge in [0.2, 0.25) is 0 Å². The van der Waals surface area contributed by atoms with Crippen molar-refractivity contribution < 1.29 is 0 Å². The van der Waals surface area contributed by atoms with Gasteiger partial charge >= 0.3 is 0 Å². The molecule has 0 saturated carbocycles. The summed E-state index contributed by atoms with van der Waals surface area (Å²) in [6.07, 6.45) is 6.29. The van der Waals surface area contributed by atoms with Crippen LogP contribution in [0.1, 0.15) is 32.3 Å². The minimum Gasteiger partial charge on any atom is -0.310 e. The summed E-state index contributed by atoms with van der Waals surface area (Å²) < 4.78 is 0. The lowest BCUT2D eigenvalue weighted by molar-refractivity contribution is 0.161. The van der Waals surface area contributed by atoms with Crippen molar-refractivity contribution in [3.63, 3.8) is 0 Å².